The van der Waals surface area contributed by atoms with Gasteiger partial charge in [0.1, 0.15) is 0 Å². The van der Waals surface area contributed by atoms with Crippen molar-refractivity contribution in [3.05, 3.63) is 47.7 Å². The SMILES string of the molecule is CN(C)CCNC(=O)c1ccc(Nc2ccc(F)c(F)c2)nn1. The number of likely N-dealkylation sites (N-methyl/N-ethyl adjacent to an activating group) is 1. The highest BCUT2D eigenvalue weighted by Gasteiger charge is 2.08. The average Bonchev–Trinajstić information content (AvgIpc) is 2.51. The van der Waals surface area contributed by atoms with Crippen LogP contribution >= 0.6 is 0 Å². The molecule has 8 heteroatoms. The molecule has 1 amide bonds. The predicted molar refractivity (Wildman–Crippen MR) is 82.6 cm³/mol. The van der Waals surface area contributed by atoms with Crippen molar-refractivity contribution < 1.29 is 13.6 Å². The van der Waals surface area contributed by atoms with Crippen molar-refractivity contribution >= 4 is 17.4 Å². The molecular weight excluding hydrogens is 304 g/mol. The van der Waals surface area contributed by atoms with Crippen LogP contribution in [0, 0.1) is 11.6 Å². The number of nitrogens with one attached hydrogen (secondary N) is 2. The Morgan fingerprint density at radius 1 is 1.13 bits per heavy atom. The van der Waals surface area contributed by atoms with E-state index < -0.39 is 11.6 Å². The number of nitrogens with zero attached hydrogens (tertiary/aromatic N) is 3. The molecule has 1 aromatic carbocycles. The summed E-state index contributed by atoms with van der Waals surface area (Å²) in [6.07, 6.45) is 0. The van der Waals surface area contributed by atoms with E-state index in [1.165, 1.54) is 18.2 Å². The molecule has 2 N–H and O–H groups in total. The first-order chi connectivity index (χ1) is 11.0. The van der Waals surface area contributed by atoms with Crippen LogP contribution in [0.5, 0.6) is 0 Å². The first-order valence-corrected chi connectivity index (χ1v) is 6.94. The Balaban J connectivity index is 1.96. The van der Waals surface area contributed by atoms with Crippen LogP contribution in [0.3, 0.4) is 0 Å². The molecule has 2 rings (SSSR count). The predicted octanol–water partition coefficient (Wildman–Crippen LogP) is 1.79. The summed E-state index contributed by atoms with van der Waals surface area (Å²) >= 11 is 0. The zero-order valence-electron chi connectivity index (χ0n) is 12.8. The number of hydrogen-bond donors (Lipinski definition) is 2. The van der Waals surface area contributed by atoms with Crippen molar-refractivity contribution in [3.63, 3.8) is 0 Å². The monoisotopic (exact) mass is 321 g/mol. The van der Waals surface area contributed by atoms with Crippen LogP contribution in [0.4, 0.5) is 20.3 Å². The van der Waals surface area contributed by atoms with Crippen LogP contribution in [0.15, 0.2) is 30.3 Å². The largest absolute Gasteiger partial charge is 0.349 e. The van der Waals surface area contributed by atoms with Crippen molar-refractivity contribution in [2.75, 3.05) is 32.5 Å². The lowest BCUT2D eigenvalue weighted by Gasteiger charge is -2.10. The number of anilines is 2. The molecule has 0 aliphatic heterocycles. The topological polar surface area (TPSA) is 70.2 Å². The van der Waals surface area contributed by atoms with Crippen molar-refractivity contribution in [2.24, 2.45) is 0 Å². The molecule has 0 unspecified atom stereocenters. The van der Waals surface area contributed by atoms with Crippen molar-refractivity contribution in [1.29, 1.82) is 0 Å². The van der Waals surface area contributed by atoms with E-state index in [0.29, 0.717) is 18.1 Å². The van der Waals surface area contributed by atoms with Gasteiger partial charge in [-0.05, 0) is 38.4 Å². The summed E-state index contributed by atoms with van der Waals surface area (Å²) in [5.74, 6) is -1.88. The van der Waals surface area contributed by atoms with Gasteiger partial charge in [-0.25, -0.2) is 8.78 Å². The van der Waals surface area contributed by atoms with Crippen LogP contribution in [-0.2, 0) is 0 Å². The minimum atomic E-state index is -0.958. The highest BCUT2D eigenvalue weighted by atomic mass is 19.2. The van der Waals surface area contributed by atoms with Gasteiger partial charge in [-0.1, -0.05) is 0 Å². The molecule has 0 radical (unpaired) electrons. The summed E-state index contributed by atoms with van der Waals surface area (Å²) in [5.41, 5.74) is 0.515. The Bertz CT molecular complexity index is 676. The Hall–Kier alpha value is -2.61. The number of halogens is 2. The molecule has 6 nitrogen and oxygen atoms in total. The van der Waals surface area contributed by atoms with Gasteiger partial charge in [0, 0.05) is 24.8 Å². The van der Waals surface area contributed by atoms with Crippen LogP contribution in [0.25, 0.3) is 0 Å². The average molecular weight is 321 g/mol. The molecule has 0 bridgehead atoms. The molecule has 0 saturated carbocycles. The van der Waals surface area contributed by atoms with Gasteiger partial charge < -0.3 is 15.5 Å². The highest BCUT2D eigenvalue weighted by molar-refractivity contribution is 5.92. The van der Waals surface area contributed by atoms with Gasteiger partial charge in [-0.2, -0.15) is 0 Å². The van der Waals surface area contributed by atoms with Gasteiger partial charge in [0.05, 0.1) is 0 Å². The lowest BCUT2D eigenvalue weighted by molar-refractivity contribution is 0.0945. The summed E-state index contributed by atoms with van der Waals surface area (Å²) in [7, 11) is 3.81. The van der Waals surface area contributed by atoms with E-state index in [1.54, 1.807) is 0 Å². The lowest BCUT2D eigenvalue weighted by Crippen LogP contribution is -2.31. The maximum absolute atomic E-state index is 13.1. The highest BCUT2D eigenvalue weighted by Crippen LogP contribution is 2.17. The summed E-state index contributed by atoms with van der Waals surface area (Å²) in [6.45, 7) is 1.22. The fourth-order valence-electron chi connectivity index (χ4n) is 1.73. The molecule has 0 atom stereocenters. The normalized spacial score (nSPS) is 10.7. The van der Waals surface area contributed by atoms with Gasteiger partial charge >= 0.3 is 0 Å². The minimum absolute atomic E-state index is 0.180. The second-order valence-electron chi connectivity index (χ2n) is 5.12. The van der Waals surface area contributed by atoms with Crippen molar-refractivity contribution in [3.8, 4) is 0 Å². The third kappa shape index (κ3) is 4.96. The summed E-state index contributed by atoms with van der Waals surface area (Å²) in [4.78, 5) is 13.8. The van der Waals surface area contributed by atoms with Crippen molar-refractivity contribution in [2.45, 2.75) is 0 Å². The first-order valence-electron chi connectivity index (χ1n) is 6.94. The van der Waals surface area contributed by atoms with E-state index in [2.05, 4.69) is 20.8 Å². The van der Waals surface area contributed by atoms with Crippen LogP contribution < -0.4 is 10.6 Å². The standard InChI is InChI=1S/C15H17F2N5O/c1-22(2)8-7-18-15(23)13-5-6-14(21-20-13)19-10-3-4-11(16)12(17)9-10/h3-6,9H,7-8H2,1-2H3,(H,18,23)(H,19,21). The zero-order chi connectivity index (χ0) is 16.8. The smallest absolute Gasteiger partial charge is 0.271 e. The Labute approximate surface area is 132 Å². The number of rotatable bonds is 6. The van der Waals surface area contributed by atoms with E-state index in [9.17, 15) is 13.6 Å². The number of carbonyl (C=O) groups is 1. The Morgan fingerprint density at radius 2 is 1.91 bits per heavy atom. The second kappa shape index (κ2) is 7.59. The van der Waals surface area contributed by atoms with Crippen LogP contribution in [0.2, 0.25) is 0 Å². The molecule has 0 fully saturated rings. The number of carbonyl (C=O) groups excluding carboxylic acids is 1. The number of aromatic nitrogens is 2. The van der Waals surface area contributed by atoms with E-state index >= 15 is 0 Å². The Morgan fingerprint density at radius 3 is 2.52 bits per heavy atom. The fourth-order valence-corrected chi connectivity index (χ4v) is 1.73. The molecule has 0 spiro atoms. The maximum Gasteiger partial charge on any atom is 0.271 e. The van der Waals surface area contributed by atoms with Crippen molar-refractivity contribution in [1.82, 2.24) is 20.4 Å². The van der Waals surface area contributed by atoms with E-state index in [1.807, 2.05) is 19.0 Å². The molecule has 0 aliphatic carbocycles. The molecule has 2 aromatic rings. The third-order valence-electron chi connectivity index (χ3n) is 2.93. The molecule has 122 valence electrons. The summed E-state index contributed by atoms with van der Waals surface area (Å²) in [5, 5.41) is 13.1. The van der Waals surface area contributed by atoms with Gasteiger partial charge in [0.15, 0.2) is 23.1 Å². The van der Waals surface area contributed by atoms with Crippen LogP contribution in [0.1, 0.15) is 10.5 Å². The van der Waals surface area contributed by atoms with E-state index in [-0.39, 0.29) is 11.6 Å². The van der Waals surface area contributed by atoms with Gasteiger partial charge in [0.2, 0.25) is 0 Å². The van der Waals surface area contributed by atoms with Crippen LogP contribution in [-0.4, -0.2) is 48.2 Å². The minimum Gasteiger partial charge on any atom is -0.349 e. The van der Waals surface area contributed by atoms with Gasteiger partial charge in [-0.3, -0.25) is 4.79 Å². The van der Waals surface area contributed by atoms with Gasteiger partial charge in [0.25, 0.3) is 5.91 Å². The molecule has 1 aromatic heterocycles. The van der Waals surface area contributed by atoms with E-state index in [0.717, 1.165) is 18.7 Å². The maximum atomic E-state index is 13.1. The molecule has 0 saturated heterocycles. The summed E-state index contributed by atoms with van der Waals surface area (Å²) in [6, 6.07) is 6.44. The number of benzene rings is 1. The Kier molecular flexibility index (Phi) is 5.53. The molecule has 1 heterocycles. The summed E-state index contributed by atoms with van der Waals surface area (Å²) < 4.78 is 26.0. The molecule has 0 aliphatic rings. The quantitative estimate of drug-likeness (QED) is 0.849. The number of amides is 1. The second-order valence-corrected chi connectivity index (χ2v) is 5.12. The number of hydrogen-bond acceptors (Lipinski definition) is 5. The third-order valence-corrected chi connectivity index (χ3v) is 2.93. The molecular formula is C15H17F2N5O. The molecule has 23 heavy (non-hydrogen) atoms. The van der Waals surface area contributed by atoms with Gasteiger partial charge in [-0.15, -0.1) is 10.2 Å². The zero-order valence-corrected chi connectivity index (χ0v) is 12.8. The fraction of sp³-hybridized carbons (Fsp3) is 0.267. The first kappa shape index (κ1) is 16.8. The van der Waals surface area contributed by atoms with E-state index in [4.69, 9.17) is 0 Å². The lowest BCUT2D eigenvalue weighted by atomic mass is 10.3.